The Bertz CT molecular complexity index is 230. The summed E-state index contributed by atoms with van der Waals surface area (Å²) in [6.45, 7) is 0.431. The lowest BCUT2D eigenvalue weighted by molar-refractivity contribution is -0.421. The molecule has 0 saturated heterocycles. The van der Waals surface area contributed by atoms with Gasteiger partial charge in [-0.05, 0) is 0 Å². The molecule has 1 atom stereocenters. The third kappa shape index (κ3) is 2.01. The maximum absolute atomic E-state index is 12.4. The molecule has 0 spiro atoms. The lowest BCUT2D eigenvalue weighted by Gasteiger charge is -2.34. The minimum absolute atomic E-state index is 0.431. The third-order valence-electron chi connectivity index (χ3n) is 1.70. The van der Waals surface area contributed by atoms with Crippen molar-refractivity contribution in [2.24, 2.45) is 0 Å². The average molecular weight is 246 g/mol. The van der Waals surface area contributed by atoms with E-state index in [0.29, 0.717) is 6.92 Å². The highest BCUT2D eigenvalue weighted by Crippen LogP contribution is 2.51. The second-order valence-electron chi connectivity index (χ2n) is 2.75. The van der Waals surface area contributed by atoms with Crippen LogP contribution in [-0.4, -0.2) is 29.0 Å². The molecule has 92 valence electrons. The fraction of sp³-hybridized carbons (Fsp3) is 1.00. The van der Waals surface area contributed by atoms with Crippen LogP contribution in [0.2, 0.25) is 0 Å². The SMILES string of the molecule is CCC(F)(F)C(F)(F)C(O)(F)C(F)(F)F. The van der Waals surface area contributed by atoms with E-state index in [2.05, 4.69) is 0 Å². The van der Waals surface area contributed by atoms with Gasteiger partial charge in [-0.1, -0.05) is 6.92 Å². The van der Waals surface area contributed by atoms with Gasteiger partial charge in [0, 0.05) is 6.42 Å². The lowest BCUT2D eigenvalue weighted by Crippen LogP contribution is -2.63. The van der Waals surface area contributed by atoms with Crippen LogP contribution >= 0.6 is 0 Å². The van der Waals surface area contributed by atoms with Gasteiger partial charge in [-0.15, -0.1) is 0 Å². The lowest BCUT2D eigenvalue weighted by atomic mass is 10.0. The predicted molar refractivity (Wildman–Crippen MR) is 32.3 cm³/mol. The number of aliphatic hydroxyl groups is 1. The summed E-state index contributed by atoms with van der Waals surface area (Å²) in [6, 6.07) is 0. The molecule has 0 aromatic heterocycles. The van der Waals surface area contributed by atoms with Gasteiger partial charge in [-0.2, -0.15) is 35.1 Å². The summed E-state index contributed by atoms with van der Waals surface area (Å²) in [5.74, 6) is -17.8. The Morgan fingerprint density at radius 3 is 1.40 bits per heavy atom. The first-order valence-electron chi connectivity index (χ1n) is 3.55. The Kier molecular flexibility index (Phi) is 3.32. The van der Waals surface area contributed by atoms with E-state index in [4.69, 9.17) is 5.11 Å². The maximum Gasteiger partial charge on any atom is 0.455 e. The van der Waals surface area contributed by atoms with Crippen molar-refractivity contribution < 1.29 is 40.2 Å². The van der Waals surface area contributed by atoms with E-state index < -0.39 is 30.3 Å². The van der Waals surface area contributed by atoms with Crippen LogP contribution < -0.4 is 0 Å². The Hall–Kier alpha value is -0.600. The van der Waals surface area contributed by atoms with E-state index in [1.807, 2.05) is 0 Å². The molecule has 0 amide bonds. The van der Waals surface area contributed by atoms with Gasteiger partial charge in [0.1, 0.15) is 0 Å². The zero-order valence-electron chi connectivity index (χ0n) is 7.18. The fourth-order valence-corrected chi connectivity index (χ4v) is 0.642. The highest BCUT2D eigenvalue weighted by atomic mass is 19.4. The topological polar surface area (TPSA) is 20.2 Å². The van der Waals surface area contributed by atoms with Gasteiger partial charge in [0.15, 0.2) is 0 Å². The molecule has 0 heterocycles. The molecule has 15 heavy (non-hydrogen) atoms. The van der Waals surface area contributed by atoms with Crippen LogP contribution in [0.1, 0.15) is 13.3 Å². The van der Waals surface area contributed by atoms with Crippen LogP contribution in [0.5, 0.6) is 0 Å². The second-order valence-corrected chi connectivity index (χ2v) is 2.75. The third-order valence-corrected chi connectivity index (χ3v) is 1.70. The molecule has 1 unspecified atom stereocenters. The zero-order chi connectivity index (χ0) is 12.7. The molecule has 9 heteroatoms. The van der Waals surface area contributed by atoms with E-state index in [9.17, 15) is 35.1 Å². The highest BCUT2D eigenvalue weighted by Gasteiger charge is 2.79. The van der Waals surface area contributed by atoms with Crippen LogP contribution in [0.25, 0.3) is 0 Å². The van der Waals surface area contributed by atoms with Crippen molar-refractivity contribution >= 4 is 0 Å². The number of halogens is 8. The summed E-state index contributed by atoms with van der Waals surface area (Å²) in [5, 5.41) is 7.82. The van der Waals surface area contributed by atoms with Crippen molar-refractivity contribution in [2.45, 2.75) is 37.2 Å². The van der Waals surface area contributed by atoms with E-state index in [-0.39, 0.29) is 0 Å². The zero-order valence-corrected chi connectivity index (χ0v) is 7.18. The van der Waals surface area contributed by atoms with Crippen molar-refractivity contribution in [1.82, 2.24) is 0 Å². The summed E-state index contributed by atoms with van der Waals surface area (Å²) >= 11 is 0. The molecule has 0 bridgehead atoms. The van der Waals surface area contributed by atoms with Gasteiger partial charge in [0.2, 0.25) is 0 Å². The maximum atomic E-state index is 12.4. The number of hydrogen-bond donors (Lipinski definition) is 1. The molecule has 0 fully saturated rings. The van der Waals surface area contributed by atoms with E-state index in [1.54, 1.807) is 0 Å². The first kappa shape index (κ1) is 14.4. The first-order chi connectivity index (χ1) is 6.31. The summed E-state index contributed by atoms with van der Waals surface area (Å²) < 4.78 is 96.3. The molecule has 0 aliphatic heterocycles. The molecular weight excluding hydrogens is 240 g/mol. The molecule has 0 aliphatic rings. The van der Waals surface area contributed by atoms with Crippen LogP contribution in [-0.2, 0) is 0 Å². The molecule has 1 N–H and O–H groups in total. The standard InChI is InChI=1S/C6H6F8O/c1-2-3(7,8)4(9,10)5(11,15)6(12,13)14/h15H,2H2,1H3. The molecule has 0 saturated carbocycles. The van der Waals surface area contributed by atoms with E-state index in [1.165, 1.54) is 0 Å². The summed E-state index contributed by atoms with van der Waals surface area (Å²) in [6.07, 6.45) is -8.25. The molecule has 0 rings (SSSR count). The van der Waals surface area contributed by atoms with Crippen LogP contribution in [0.15, 0.2) is 0 Å². The highest BCUT2D eigenvalue weighted by molar-refractivity contribution is 4.99. The summed E-state index contributed by atoms with van der Waals surface area (Å²) in [5.41, 5.74) is 0. The van der Waals surface area contributed by atoms with Crippen LogP contribution in [0.4, 0.5) is 35.1 Å². The molecule has 0 aliphatic carbocycles. The van der Waals surface area contributed by atoms with Gasteiger partial charge in [-0.3, -0.25) is 0 Å². The first-order valence-corrected chi connectivity index (χ1v) is 3.55. The minimum Gasteiger partial charge on any atom is -0.350 e. The molecule has 1 nitrogen and oxygen atoms in total. The number of rotatable bonds is 3. The monoisotopic (exact) mass is 246 g/mol. The molecule has 0 aromatic rings. The van der Waals surface area contributed by atoms with Crippen molar-refractivity contribution in [1.29, 1.82) is 0 Å². The van der Waals surface area contributed by atoms with Gasteiger partial charge in [-0.25, -0.2) is 0 Å². The summed E-state index contributed by atoms with van der Waals surface area (Å²) in [7, 11) is 0. The summed E-state index contributed by atoms with van der Waals surface area (Å²) in [4.78, 5) is 0. The van der Waals surface area contributed by atoms with Gasteiger partial charge >= 0.3 is 23.9 Å². The number of hydrogen-bond acceptors (Lipinski definition) is 1. The molecule has 0 radical (unpaired) electrons. The fourth-order valence-electron chi connectivity index (χ4n) is 0.642. The largest absolute Gasteiger partial charge is 0.455 e. The van der Waals surface area contributed by atoms with Crippen molar-refractivity contribution in [2.75, 3.05) is 0 Å². The Morgan fingerprint density at radius 2 is 1.20 bits per heavy atom. The molecular formula is C6H6F8O. The van der Waals surface area contributed by atoms with Gasteiger partial charge in [0.05, 0.1) is 0 Å². The van der Waals surface area contributed by atoms with Gasteiger partial charge in [0.25, 0.3) is 0 Å². The quantitative estimate of drug-likeness (QED) is 0.759. The van der Waals surface area contributed by atoms with E-state index >= 15 is 0 Å². The average Bonchev–Trinajstić information content (AvgIpc) is 2.01. The Labute approximate surface area is 78.7 Å². The Balaban J connectivity index is 5.38. The number of alkyl halides is 8. The molecule has 0 aromatic carbocycles. The minimum atomic E-state index is -6.50. The second kappa shape index (κ2) is 3.46. The van der Waals surface area contributed by atoms with Crippen molar-refractivity contribution in [3.05, 3.63) is 0 Å². The normalized spacial score (nSPS) is 18.8. The van der Waals surface area contributed by atoms with Gasteiger partial charge < -0.3 is 5.11 Å². The van der Waals surface area contributed by atoms with Crippen molar-refractivity contribution in [3.8, 4) is 0 Å². The van der Waals surface area contributed by atoms with Crippen LogP contribution in [0, 0.1) is 0 Å². The van der Waals surface area contributed by atoms with Crippen molar-refractivity contribution in [3.63, 3.8) is 0 Å². The van der Waals surface area contributed by atoms with Crippen LogP contribution in [0.3, 0.4) is 0 Å². The predicted octanol–water partition coefficient (Wildman–Crippen LogP) is 2.89. The Morgan fingerprint density at radius 1 is 0.867 bits per heavy atom. The van der Waals surface area contributed by atoms with E-state index in [0.717, 1.165) is 0 Å². The smallest absolute Gasteiger partial charge is 0.350 e.